The van der Waals surface area contributed by atoms with Gasteiger partial charge in [0.2, 0.25) is 11.8 Å². The van der Waals surface area contributed by atoms with Crippen LogP contribution in [0.25, 0.3) is 0 Å². The lowest BCUT2D eigenvalue weighted by molar-refractivity contribution is -0.124. The average molecular weight is 514 g/mol. The Labute approximate surface area is 204 Å². The smallest absolute Gasteiger partial charge is 0.256 e. The van der Waals surface area contributed by atoms with Crippen LogP contribution in [0.4, 0.5) is 5.69 Å². The number of rotatable bonds is 7. The Morgan fingerprint density at radius 3 is 2.30 bits per heavy atom. The van der Waals surface area contributed by atoms with E-state index in [2.05, 4.69) is 40.4 Å². The van der Waals surface area contributed by atoms with E-state index in [1.165, 1.54) is 0 Å². The molecule has 1 aliphatic rings. The Bertz CT molecular complexity index is 986. The highest BCUT2D eigenvalue weighted by Crippen LogP contribution is 2.27. The van der Waals surface area contributed by atoms with Crippen molar-refractivity contribution >= 4 is 39.3 Å². The number of carbonyl (C=O) groups is 3. The highest BCUT2D eigenvalue weighted by atomic mass is 79.9. The van der Waals surface area contributed by atoms with Crippen molar-refractivity contribution in [2.24, 2.45) is 11.8 Å². The highest BCUT2D eigenvalue weighted by molar-refractivity contribution is 9.10. The van der Waals surface area contributed by atoms with Gasteiger partial charge in [-0.25, -0.2) is 0 Å². The number of carbonyl (C=O) groups excluding carboxylic acids is 3. The standard InChI is InChI=1S/C26H32BrN3O3/c1-17-13-18(2)16-30(15-17)26(33)22-14-21(27)9-10-23(22)29-25(32)12-11-24(31)28-19(3)20-7-5-4-6-8-20/h4-10,14,17-19H,11-13,15-16H2,1-3H3,(H,28,31)(H,29,32)/t17-,18+,19-/m1/s1. The van der Waals surface area contributed by atoms with Crippen molar-refractivity contribution in [3.05, 3.63) is 64.1 Å². The fourth-order valence-corrected chi connectivity index (χ4v) is 4.74. The minimum absolute atomic E-state index is 0.0365. The lowest BCUT2D eigenvalue weighted by Crippen LogP contribution is -2.42. The minimum atomic E-state index is -0.297. The van der Waals surface area contributed by atoms with E-state index < -0.39 is 0 Å². The van der Waals surface area contributed by atoms with Gasteiger partial charge in [-0.05, 0) is 48.9 Å². The van der Waals surface area contributed by atoms with Crippen LogP contribution in [0.15, 0.2) is 53.0 Å². The fourth-order valence-electron chi connectivity index (χ4n) is 4.38. The molecule has 2 aromatic rings. The van der Waals surface area contributed by atoms with Gasteiger partial charge < -0.3 is 15.5 Å². The van der Waals surface area contributed by atoms with Crippen molar-refractivity contribution in [2.75, 3.05) is 18.4 Å². The van der Waals surface area contributed by atoms with E-state index in [4.69, 9.17) is 0 Å². The molecule has 1 fully saturated rings. The molecule has 0 radical (unpaired) electrons. The maximum absolute atomic E-state index is 13.3. The Morgan fingerprint density at radius 1 is 1.00 bits per heavy atom. The van der Waals surface area contributed by atoms with E-state index >= 15 is 0 Å². The Kier molecular flexibility index (Phi) is 8.67. The van der Waals surface area contributed by atoms with Crippen molar-refractivity contribution < 1.29 is 14.4 Å². The second-order valence-electron chi connectivity index (χ2n) is 9.09. The summed E-state index contributed by atoms with van der Waals surface area (Å²) in [7, 11) is 0. The topological polar surface area (TPSA) is 78.5 Å². The first-order valence-corrected chi connectivity index (χ1v) is 12.2. The third kappa shape index (κ3) is 7.16. The van der Waals surface area contributed by atoms with Crippen molar-refractivity contribution in [1.29, 1.82) is 0 Å². The van der Waals surface area contributed by atoms with Gasteiger partial charge in [0.15, 0.2) is 0 Å². The molecule has 3 rings (SSSR count). The van der Waals surface area contributed by atoms with Crippen LogP contribution in [0.2, 0.25) is 0 Å². The molecule has 2 aromatic carbocycles. The van der Waals surface area contributed by atoms with E-state index in [1.54, 1.807) is 18.2 Å². The number of amides is 3. The molecule has 0 bridgehead atoms. The van der Waals surface area contributed by atoms with E-state index in [0.29, 0.717) is 36.2 Å². The van der Waals surface area contributed by atoms with Gasteiger partial charge >= 0.3 is 0 Å². The number of likely N-dealkylation sites (tertiary alicyclic amines) is 1. The summed E-state index contributed by atoms with van der Waals surface area (Å²) in [4.78, 5) is 40.0. The maximum Gasteiger partial charge on any atom is 0.256 e. The molecule has 1 heterocycles. The molecule has 176 valence electrons. The molecule has 7 heteroatoms. The summed E-state index contributed by atoms with van der Waals surface area (Å²) in [6.07, 6.45) is 1.22. The van der Waals surface area contributed by atoms with Gasteiger partial charge in [0.1, 0.15) is 0 Å². The Morgan fingerprint density at radius 2 is 1.64 bits per heavy atom. The SMILES string of the molecule is C[C@@H]1C[C@H](C)CN(C(=O)c2cc(Br)ccc2NC(=O)CCC(=O)N[C@H](C)c2ccccc2)C1. The van der Waals surface area contributed by atoms with E-state index in [0.717, 1.165) is 16.5 Å². The summed E-state index contributed by atoms with van der Waals surface area (Å²) in [6, 6.07) is 14.8. The van der Waals surface area contributed by atoms with Crippen molar-refractivity contribution in [3.63, 3.8) is 0 Å². The molecular weight excluding hydrogens is 482 g/mol. The van der Waals surface area contributed by atoms with Crippen molar-refractivity contribution in [2.45, 2.75) is 46.1 Å². The zero-order chi connectivity index (χ0) is 24.0. The van der Waals surface area contributed by atoms with Crippen LogP contribution < -0.4 is 10.6 Å². The minimum Gasteiger partial charge on any atom is -0.350 e. The lowest BCUT2D eigenvalue weighted by Gasteiger charge is -2.35. The molecule has 0 saturated carbocycles. The zero-order valence-corrected chi connectivity index (χ0v) is 21.0. The van der Waals surface area contributed by atoms with Gasteiger partial charge in [-0.3, -0.25) is 14.4 Å². The van der Waals surface area contributed by atoms with Gasteiger partial charge in [-0.1, -0.05) is 60.1 Å². The predicted molar refractivity (Wildman–Crippen MR) is 134 cm³/mol. The largest absolute Gasteiger partial charge is 0.350 e. The summed E-state index contributed by atoms with van der Waals surface area (Å²) in [5, 5.41) is 5.75. The third-order valence-electron chi connectivity index (χ3n) is 5.90. The highest BCUT2D eigenvalue weighted by Gasteiger charge is 2.28. The van der Waals surface area contributed by atoms with Crippen molar-refractivity contribution in [1.82, 2.24) is 10.2 Å². The number of nitrogens with zero attached hydrogens (tertiary/aromatic N) is 1. The molecule has 3 atom stereocenters. The van der Waals surface area contributed by atoms with Crippen LogP contribution in [-0.2, 0) is 9.59 Å². The second-order valence-corrected chi connectivity index (χ2v) is 10.0. The quantitative estimate of drug-likeness (QED) is 0.536. The van der Waals surface area contributed by atoms with Crippen LogP contribution in [0, 0.1) is 11.8 Å². The Hall–Kier alpha value is -2.67. The zero-order valence-electron chi connectivity index (χ0n) is 19.4. The molecule has 3 amide bonds. The molecule has 2 N–H and O–H groups in total. The third-order valence-corrected chi connectivity index (χ3v) is 6.39. The van der Waals surface area contributed by atoms with Crippen molar-refractivity contribution in [3.8, 4) is 0 Å². The molecule has 0 aliphatic carbocycles. The van der Waals surface area contributed by atoms with Crippen LogP contribution in [0.3, 0.4) is 0 Å². The second kappa shape index (κ2) is 11.5. The van der Waals surface area contributed by atoms with Crippen LogP contribution in [0.1, 0.15) is 62.0 Å². The van der Waals surface area contributed by atoms with Gasteiger partial charge in [-0.15, -0.1) is 0 Å². The van der Waals surface area contributed by atoms with Crippen LogP contribution in [-0.4, -0.2) is 35.7 Å². The fraction of sp³-hybridized carbons (Fsp3) is 0.423. The number of hydrogen-bond acceptors (Lipinski definition) is 3. The molecule has 33 heavy (non-hydrogen) atoms. The van der Waals surface area contributed by atoms with E-state index in [1.807, 2.05) is 42.2 Å². The molecule has 6 nitrogen and oxygen atoms in total. The molecule has 0 unspecified atom stereocenters. The average Bonchev–Trinajstić information content (AvgIpc) is 2.78. The first-order valence-electron chi connectivity index (χ1n) is 11.5. The van der Waals surface area contributed by atoms with Crippen LogP contribution >= 0.6 is 15.9 Å². The first-order chi connectivity index (χ1) is 15.7. The van der Waals surface area contributed by atoms with Gasteiger partial charge in [-0.2, -0.15) is 0 Å². The number of piperidine rings is 1. The summed E-state index contributed by atoms with van der Waals surface area (Å²) >= 11 is 3.43. The maximum atomic E-state index is 13.3. The summed E-state index contributed by atoms with van der Waals surface area (Å²) in [5.41, 5.74) is 1.94. The summed E-state index contributed by atoms with van der Waals surface area (Å²) in [5.74, 6) is 0.318. The molecular formula is C26H32BrN3O3. The summed E-state index contributed by atoms with van der Waals surface area (Å²) < 4.78 is 0.774. The molecule has 0 spiro atoms. The Balaban J connectivity index is 1.59. The molecule has 1 aliphatic heterocycles. The lowest BCUT2D eigenvalue weighted by atomic mass is 9.91. The number of anilines is 1. The van der Waals surface area contributed by atoms with Crippen LogP contribution in [0.5, 0.6) is 0 Å². The molecule has 0 aromatic heterocycles. The van der Waals surface area contributed by atoms with Gasteiger partial charge in [0, 0.05) is 30.4 Å². The number of halogens is 1. The van der Waals surface area contributed by atoms with Gasteiger partial charge in [0.05, 0.1) is 17.3 Å². The van der Waals surface area contributed by atoms with E-state index in [-0.39, 0.29) is 36.6 Å². The monoisotopic (exact) mass is 513 g/mol. The first kappa shape index (κ1) is 25.0. The predicted octanol–water partition coefficient (Wildman–Crippen LogP) is 5.16. The number of nitrogens with one attached hydrogen (secondary N) is 2. The number of benzene rings is 2. The van der Waals surface area contributed by atoms with Gasteiger partial charge in [0.25, 0.3) is 5.91 Å². The normalized spacial score (nSPS) is 19.0. The summed E-state index contributed by atoms with van der Waals surface area (Å²) in [6.45, 7) is 7.65. The number of hydrogen-bond donors (Lipinski definition) is 2. The molecule has 1 saturated heterocycles. The van der Waals surface area contributed by atoms with E-state index in [9.17, 15) is 14.4 Å².